The smallest absolute Gasteiger partial charge is 0.303 e. The number of aliphatic carboxylic acids is 1. The van der Waals surface area contributed by atoms with Crippen LogP contribution in [0, 0.1) is 6.92 Å². The molecule has 0 fully saturated rings. The average molecular weight is 296 g/mol. The maximum absolute atomic E-state index is 10.6. The van der Waals surface area contributed by atoms with Gasteiger partial charge in [-0.25, -0.2) is 0 Å². The molecule has 0 heterocycles. The number of ether oxygens (including phenoxy) is 1. The summed E-state index contributed by atoms with van der Waals surface area (Å²) in [4.78, 5) is 10.6. The molecule has 1 aliphatic rings. The molecule has 0 aromatic heterocycles. The molecule has 1 atom stereocenters. The molecule has 0 aliphatic heterocycles. The number of fused-ring (bicyclic) bond motifs is 1. The number of benzene rings is 2. The van der Waals surface area contributed by atoms with Crippen LogP contribution >= 0.6 is 0 Å². The highest BCUT2D eigenvalue weighted by atomic mass is 16.5. The maximum Gasteiger partial charge on any atom is 0.303 e. The third-order valence-corrected chi connectivity index (χ3v) is 4.15. The SMILES string of the molecule is Cc1ccc2c(c1)CCC2Oc1ccc(CCC(=O)O)cc1. The van der Waals surface area contributed by atoms with Crippen molar-refractivity contribution in [1.29, 1.82) is 0 Å². The van der Waals surface area contributed by atoms with Crippen molar-refractivity contribution in [1.82, 2.24) is 0 Å². The molecule has 0 bridgehead atoms. The van der Waals surface area contributed by atoms with E-state index in [1.54, 1.807) is 0 Å². The molecule has 0 amide bonds. The minimum atomic E-state index is -0.766. The predicted molar refractivity (Wildman–Crippen MR) is 85.3 cm³/mol. The summed E-state index contributed by atoms with van der Waals surface area (Å²) in [7, 11) is 0. The zero-order valence-corrected chi connectivity index (χ0v) is 12.7. The van der Waals surface area contributed by atoms with E-state index in [2.05, 4.69) is 25.1 Å². The highest BCUT2D eigenvalue weighted by Crippen LogP contribution is 2.35. The van der Waals surface area contributed by atoms with Gasteiger partial charge in [-0.2, -0.15) is 0 Å². The molecule has 3 rings (SSSR count). The van der Waals surface area contributed by atoms with Crippen molar-refractivity contribution in [2.75, 3.05) is 0 Å². The zero-order chi connectivity index (χ0) is 15.5. The van der Waals surface area contributed by atoms with Gasteiger partial charge in [0.25, 0.3) is 0 Å². The first-order valence-corrected chi connectivity index (χ1v) is 7.68. The number of hydrogen-bond donors (Lipinski definition) is 1. The van der Waals surface area contributed by atoms with Gasteiger partial charge >= 0.3 is 5.97 Å². The van der Waals surface area contributed by atoms with Crippen LogP contribution in [0.15, 0.2) is 42.5 Å². The molecule has 1 unspecified atom stereocenters. The average Bonchev–Trinajstić information content (AvgIpc) is 2.88. The summed E-state index contributed by atoms with van der Waals surface area (Å²) in [5.41, 5.74) is 5.00. The maximum atomic E-state index is 10.6. The van der Waals surface area contributed by atoms with Gasteiger partial charge < -0.3 is 9.84 Å². The lowest BCUT2D eigenvalue weighted by Crippen LogP contribution is -2.03. The number of carboxylic acids is 1. The summed E-state index contributed by atoms with van der Waals surface area (Å²) in [6.45, 7) is 2.12. The lowest BCUT2D eigenvalue weighted by molar-refractivity contribution is -0.136. The van der Waals surface area contributed by atoms with E-state index in [0.717, 1.165) is 24.2 Å². The number of aryl methyl sites for hydroxylation is 3. The Kier molecular flexibility index (Phi) is 4.14. The Bertz CT molecular complexity index is 674. The third kappa shape index (κ3) is 3.30. The van der Waals surface area contributed by atoms with Gasteiger partial charge in [0.05, 0.1) is 0 Å². The van der Waals surface area contributed by atoms with Crippen LogP contribution in [0.2, 0.25) is 0 Å². The van der Waals surface area contributed by atoms with Crippen molar-refractivity contribution >= 4 is 5.97 Å². The molecule has 3 heteroatoms. The fourth-order valence-electron chi connectivity index (χ4n) is 2.98. The van der Waals surface area contributed by atoms with Crippen molar-refractivity contribution in [3.8, 4) is 5.75 Å². The number of hydrogen-bond acceptors (Lipinski definition) is 2. The van der Waals surface area contributed by atoms with Crippen LogP contribution in [-0.4, -0.2) is 11.1 Å². The second-order valence-electron chi connectivity index (χ2n) is 5.89. The number of carbonyl (C=O) groups is 1. The molecule has 3 nitrogen and oxygen atoms in total. The van der Waals surface area contributed by atoms with Gasteiger partial charge in [0, 0.05) is 6.42 Å². The first kappa shape index (κ1) is 14.6. The van der Waals surface area contributed by atoms with E-state index in [4.69, 9.17) is 9.84 Å². The van der Waals surface area contributed by atoms with Crippen molar-refractivity contribution in [2.45, 2.75) is 38.7 Å². The van der Waals surface area contributed by atoms with Crippen molar-refractivity contribution in [2.24, 2.45) is 0 Å². The van der Waals surface area contributed by atoms with Crippen molar-refractivity contribution in [3.05, 3.63) is 64.7 Å². The van der Waals surface area contributed by atoms with Gasteiger partial charge in [0.15, 0.2) is 0 Å². The highest BCUT2D eigenvalue weighted by molar-refractivity contribution is 5.67. The zero-order valence-electron chi connectivity index (χ0n) is 12.7. The molecule has 2 aromatic carbocycles. The lowest BCUT2D eigenvalue weighted by atomic mass is 10.1. The molecule has 0 radical (unpaired) electrons. The van der Waals surface area contributed by atoms with Gasteiger partial charge in [-0.1, -0.05) is 35.9 Å². The Labute approximate surface area is 130 Å². The molecule has 2 aromatic rings. The molecule has 22 heavy (non-hydrogen) atoms. The van der Waals surface area contributed by atoms with Crippen LogP contribution in [0.4, 0.5) is 0 Å². The summed E-state index contributed by atoms with van der Waals surface area (Å²) in [5, 5.41) is 8.71. The molecule has 1 N–H and O–H groups in total. The van der Waals surface area contributed by atoms with Gasteiger partial charge in [0.1, 0.15) is 11.9 Å². The van der Waals surface area contributed by atoms with E-state index in [1.165, 1.54) is 16.7 Å². The van der Waals surface area contributed by atoms with E-state index in [-0.39, 0.29) is 12.5 Å². The number of carboxylic acid groups (broad SMARTS) is 1. The second-order valence-corrected chi connectivity index (χ2v) is 5.89. The Balaban J connectivity index is 1.66. The van der Waals surface area contributed by atoms with Crippen molar-refractivity contribution < 1.29 is 14.6 Å². The minimum absolute atomic E-state index is 0.125. The number of rotatable bonds is 5. The normalized spacial score (nSPS) is 16.3. The summed E-state index contributed by atoms with van der Waals surface area (Å²) in [5.74, 6) is 0.0793. The minimum Gasteiger partial charge on any atom is -0.486 e. The standard InChI is InChI=1S/C19H20O3/c1-13-2-9-17-15(12-13)6-10-18(17)22-16-7-3-14(4-8-16)5-11-19(20)21/h2-4,7-9,12,18H,5-6,10-11H2,1H3,(H,20,21). The van der Waals surface area contributed by atoms with E-state index < -0.39 is 5.97 Å². The van der Waals surface area contributed by atoms with Crippen LogP contribution in [-0.2, 0) is 17.6 Å². The Morgan fingerprint density at radius 2 is 2.00 bits per heavy atom. The lowest BCUT2D eigenvalue weighted by Gasteiger charge is -2.15. The molecule has 1 aliphatic carbocycles. The Morgan fingerprint density at radius 3 is 2.73 bits per heavy atom. The molecule has 114 valence electrons. The first-order valence-electron chi connectivity index (χ1n) is 7.68. The van der Waals surface area contributed by atoms with Gasteiger partial charge in [-0.05, 0) is 55.0 Å². The summed E-state index contributed by atoms with van der Waals surface area (Å²) in [6, 6.07) is 14.3. The van der Waals surface area contributed by atoms with Crippen LogP contribution < -0.4 is 4.74 Å². The largest absolute Gasteiger partial charge is 0.486 e. The first-order chi connectivity index (χ1) is 10.6. The third-order valence-electron chi connectivity index (χ3n) is 4.15. The Hall–Kier alpha value is -2.29. The van der Waals surface area contributed by atoms with Gasteiger partial charge in [-0.3, -0.25) is 4.79 Å². The summed E-state index contributed by atoms with van der Waals surface area (Å²) < 4.78 is 6.11. The van der Waals surface area contributed by atoms with Crippen LogP contribution in [0.3, 0.4) is 0 Å². The van der Waals surface area contributed by atoms with E-state index in [0.29, 0.717) is 6.42 Å². The van der Waals surface area contributed by atoms with E-state index in [1.807, 2.05) is 24.3 Å². The van der Waals surface area contributed by atoms with E-state index >= 15 is 0 Å². The quantitative estimate of drug-likeness (QED) is 0.904. The molecule has 0 saturated heterocycles. The summed E-state index contributed by atoms with van der Waals surface area (Å²) >= 11 is 0. The van der Waals surface area contributed by atoms with E-state index in [9.17, 15) is 4.79 Å². The fraction of sp³-hybridized carbons (Fsp3) is 0.316. The highest BCUT2D eigenvalue weighted by Gasteiger charge is 2.23. The monoisotopic (exact) mass is 296 g/mol. The molecule has 0 saturated carbocycles. The van der Waals surface area contributed by atoms with Gasteiger partial charge in [-0.15, -0.1) is 0 Å². The molecule has 0 spiro atoms. The molecular weight excluding hydrogens is 276 g/mol. The topological polar surface area (TPSA) is 46.5 Å². The predicted octanol–water partition coefficient (Wildman–Crippen LogP) is 4.08. The van der Waals surface area contributed by atoms with Crippen LogP contribution in [0.25, 0.3) is 0 Å². The van der Waals surface area contributed by atoms with Crippen LogP contribution in [0.5, 0.6) is 5.75 Å². The Morgan fingerprint density at radius 1 is 1.23 bits per heavy atom. The summed E-state index contributed by atoms with van der Waals surface area (Å²) in [6.07, 6.45) is 2.93. The fourth-order valence-corrected chi connectivity index (χ4v) is 2.98. The van der Waals surface area contributed by atoms with Crippen LogP contribution in [0.1, 0.15) is 41.2 Å². The van der Waals surface area contributed by atoms with Crippen molar-refractivity contribution in [3.63, 3.8) is 0 Å². The van der Waals surface area contributed by atoms with Gasteiger partial charge in [0.2, 0.25) is 0 Å². The molecular formula is C19H20O3. The second kappa shape index (κ2) is 6.22.